The largest absolute Gasteiger partial charge is 0.364 e. The van der Waals surface area contributed by atoms with Crippen molar-refractivity contribution >= 4 is 16.7 Å². The lowest BCUT2D eigenvalue weighted by Gasteiger charge is -2.12. The molecule has 0 amide bonds. The van der Waals surface area contributed by atoms with Crippen LogP contribution in [0.15, 0.2) is 85.3 Å². The summed E-state index contributed by atoms with van der Waals surface area (Å²) in [6.07, 6.45) is 5.12. The summed E-state index contributed by atoms with van der Waals surface area (Å²) in [6.45, 7) is 0.453. The maximum atomic E-state index is 14.4. The Morgan fingerprint density at radius 1 is 0.812 bits per heavy atom. The monoisotopic (exact) mass is 425 g/mol. The van der Waals surface area contributed by atoms with Crippen molar-refractivity contribution in [3.63, 3.8) is 0 Å². The van der Waals surface area contributed by atoms with E-state index in [4.69, 9.17) is 4.98 Å². The zero-order valence-electron chi connectivity index (χ0n) is 16.8. The molecule has 0 aliphatic rings. The Morgan fingerprint density at radius 3 is 2.53 bits per heavy atom. The summed E-state index contributed by atoms with van der Waals surface area (Å²) in [5.74, 6) is -0.131. The molecule has 3 aromatic heterocycles. The van der Waals surface area contributed by atoms with Crippen molar-refractivity contribution in [2.24, 2.45) is 0 Å². The van der Waals surface area contributed by atoms with Gasteiger partial charge in [0.2, 0.25) is 0 Å². The first-order valence-corrected chi connectivity index (χ1v) is 9.99. The van der Waals surface area contributed by atoms with Gasteiger partial charge in [-0.1, -0.05) is 12.1 Å². The van der Waals surface area contributed by atoms with Crippen molar-refractivity contribution in [2.45, 2.75) is 6.54 Å². The second-order valence-electron chi connectivity index (χ2n) is 7.17. The van der Waals surface area contributed by atoms with Crippen molar-refractivity contribution in [1.82, 2.24) is 19.9 Å². The topological polar surface area (TPSA) is 63.6 Å². The number of aromatic nitrogens is 4. The first-order chi connectivity index (χ1) is 15.7. The summed E-state index contributed by atoms with van der Waals surface area (Å²) < 4.78 is 27.8. The highest BCUT2D eigenvalue weighted by molar-refractivity contribution is 5.94. The van der Waals surface area contributed by atoms with Crippen LogP contribution in [0.5, 0.6) is 0 Å². The Hall–Kier alpha value is -4.26. The standard InChI is InChI=1S/C25H17F2N5/c26-18-7-8-20(22(27)13-18)16-6-9-23-21(12-16)25(30-15-19-5-1-2-11-29-19)32-24(31-23)17-4-3-10-28-14-17/h1-14H,15H2,(H,30,31,32). The number of anilines is 1. The Kier molecular flexibility index (Phi) is 5.21. The van der Waals surface area contributed by atoms with E-state index in [0.29, 0.717) is 34.8 Å². The molecule has 0 saturated heterocycles. The van der Waals surface area contributed by atoms with Gasteiger partial charge in [0.25, 0.3) is 0 Å². The number of nitrogens with one attached hydrogen (secondary N) is 1. The van der Waals surface area contributed by atoms with Crippen LogP contribution in [0, 0.1) is 11.6 Å². The summed E-state index contributed by atoms with van der Waals surface area (Å²) in [4.78, 5) is 17.9. The maximum absolute atomic E-state index is 14.4. The minimum atomic E-state index is -0.625. The van der Waals surface area contributed by atoms with Crippen LogP contribution < -0.4 is 5.32 Å². The van der Waals surface area contributed by atoms with E-state index in [1.54, 1.807) is 36.8 Å². The molecule has 0 radical (unpaired) electrons. The number of nitrogens with zero attached hydrogens (tertiary/aromatic N) is 4. The van der Waals surface area contributed by atoms with Crippen molar-refractivity contribution in [3.05, 3.63) is 103 Å². The molecular formula is C25H17F2N5. The lowest BCUT2D eigenvalue weighted by Crippen LogP contribution is -2.05. The number of hydrogen-bond donors (Lipinski definition) is 1. The quantitative estimate of drug-likeness (QED) is 0.395. The van der Waals surface area contributed by atoms with E-state index in [2.05, 4.69) is 20.3 Å². The number of fused-ring (bicyclic) bond motifs is 1. The predicted molar refractivity (Wildman–Crippen MR) is 120 cm³/mol. The van der Waals surface area contributed by atoms with E-state index in [-0.39, 0.29) is 0 Å². The summed E-state index contributed by atoms with van der Waals surface area (Å²) in [5.41, 5.74) is 3.23. The smallest absolute Gasteiger partial charge is 0.163 e. The van der Waals surface area contributed by atoms with Gasteiger partial charge in [-0.2, -0.15) is 0 Å². The number of hydrogen-bond acceptors (Lipinski definition) is 5. The van der Waals surface area contributed by atoms with E-state index in [1.807, 2.05) is 30.3 Å². The highest BCUT2D eigenvalue weighted by Crippen LogP contribution is 2.31. The van der Waals surface area contributed by atoms with Gasteiger partial charge in [-0.15, -0.1) is 0 Å². The number of rotatable bonds is 5. The summed E-state index contributed by atoms with van der Waals surface area (Å²) >= 11 is 0. The summed E-state index contributed by atoms with van der Waals surface area (Å²) in [6, 6.07) is 18.3. The zero-order chi connectivity index (χ0) is 21.9. The minimum Gasteiger partial charge on any atom is -0.364 e. The van der Waals surface area contributed by atoms with Crippen molar-refractivity contribution in [1.29, 1.82) is 0 Å². The molecule has 0 fully saturated rings. The zero-order valence-corrected chi connectivity index (χ0v) is 16.8. The number of pyridine rings is 2. The fourth-order valence-corrected chi connectivity index (χ4v) is 3.46. The predicted octanol–water partition coefficient (Wildman–Crippen LogP) is 5.64. The molecule has 5 aromatic rings. The number of benzene rings is 2. The highest BCUT2D eigenvalue weighted by atomic mass is 19.1. The van der Waals surface area contributed by atoms with Gasteiger partial charge in [0, 0.05) is 41.2 Å². The molecule has 5 nitrogen and oxygen atoms in total. The van der Waals surface area contributed by atoms with Crippen LogP contribution in [0.4, 0.5) is 14.6 Å². The fourth-order valence-electron chi connectivity index (χ4n) is 3.46. The molecule has 7 heteroatoms. The van der Waals surface area contributed by atoms with Gasteiger partial charge in [-0.3, -0.25) is 9.97 Å². The molecule has 0 aliphatic carbocycles. The van der Waals surface area contributed by atoms with Crippen LogP contribution >= 0.6 is 0 Å². The molecule has 0 spiro atoms. The second kappa shape index (κ2) is 8.47. The molecule has 1 N–H and O–H groups in total. The Bertz CT molecular complexity index is 1390. The van der Waals surface area contributed by atoms with Gasteiger partial charge < -0.3 is 5.32 Å². The summed E-state index contributed by atoms with van der Waals surface area (Å²) in [7, 11) is 0. The van der Waals surface area contributed by atoms with E-state index in [0.717, 1.165) is 22.7 Å². The van der Waals surface area contributed by atoms with Gasteiger partial charge in [0.15, 0.2) is 5.82 Å². The van der Waals surface area contributed by atoms with E-state index in [1.165, 1.54) is 12.1 Å². The molecule has 32 heavy (non-hydrogen) atoms. The minimum absolute atomic E-state index is 0.306. The molecule has 0 saturated carbocycles. The van der Waals surface area contributed by atoms with Crippen molar-refractivity contribution in [3.8, 4) is 22.5 Å². The van der Waals surface area contributed by atoms with Crippen LogP contribution in [0.3, 0.4) is 0 Å². The average molecular weight is 425 g/mol. The third kappa shape index (κ3) is 4.00. The summed E-state index contributed by atoms with van der Waals surface area (Å²) in [5, 5.41) is 4.05. The number of halogens is 2. The molecule has 3 heterocycles. The van der Waals surface area contributed by atoms with Crippen LogP contribution in [-0.4, -0.2) is 19.9 Å². The molecule has 5 rings (SSSR count). The van der Waals surface area contributed by atoms with E-state index >= 15 is 0 Å². The molecule has 0 unspecified atom stereocenters. The van der Waals surface area contributed by atoms with E-state index in [9.17, 15) is 8.78 Å². The molecule has 0 bridgehead atoms. The second-order valence-corrected chi connectivity index (χ2v) is 7.17. The SMILES string of the molecule is Fc1ccc(-c2ccc3nc(-c4cccnc4)nc(NCc4ccccn4)c3c2)c(F)c1. The lowest BCUT2D eigenvalue weighted by atomic mass is 10.0. The van der Waals surface area contributed by atoms with Gasteiger partial charge in [-0.25, -0.2) is 18.7 Å². The van der Waals surface area contributed by atoms with E-state index < -0.39 is 11.6 Å². The van der Waals surface area contributed by atoms with Crippen LogP contribution in [0.1, 0.15) is 5.69 Å². The Balaban J connectivity index is 1.63. The molecular weight excluding hydrogens is 408 g/mol. The normalized spacial score (nSPS) is 10.9. The first-order valence-electron chi connectivity index (χ1n) is 9.99. The fraction of sp³-hybridized carbons (Fsp3) is 0.0400. The molecule has 2 aromatic carbocycles. The van der Waals surface area contributed by atoms with Crippen molar-refractivity contribution < 1.29 is 8.78 Å². The maximum Gasteiger partial charge on any atom is 0.163 e. The Labute approximate surface area is 182 Å². The van der Waals surface area contributed by atoms with Crippen LogP contribution in [-0.2, 0) is 6.54 Å². The molecule has 0 atom stereocenters. The van der Waals surface area contributed by atoms with Gasteiger partial charge in [0.1, 0.15) is 17.5 Å². The van der Waals surface area contributed by atoms with Gasteiger partial charge in [0.05, 0.1) is 17.8 Å². The molecule has 156 valence electrons. The molecule has 0 aliphatic heterocycles. The third-order valence-corrected chi connectivity index (χ3v) is 5.02. The first kappa shape index (κ1) is 19.7. The van der Waals surface area contributed by atoms with Crippen LogP contribution in [0.25, 0.3) is 33.4 Å². The van der Waals surface area contributed by atoms with Gasteiger partial charge >= 0.3 is 0 Å². The lowest BCUT2D eigenvalue weighted by molar-refractivity contribution is 0.585. The highest BCUT2D eigenvalue weighted by Gasteiger charge is 2.13. The van der Waals surface area contributed by atoms with Gasteiger partial charge in [-0.05, 0) is 54.1 Å². The van der Waals surface area contributed by atoms with Crippen LogP contribution in [0.2, 0.25) is 0 Å². The van der Waals surface area contributed by atoms with Crippen molar-refractivity contribution in [2.75, 3.05) is 5.32 Å². The third-order valence-electron chi connectivity index (χ3n) is 5.02. The Morgan fingerprint density at radius 2 is 1.75 bits per heavy atom. The average Bonchev–Trinajstić information content (AvgIpc) is 2.83.